The number of benzene rings is 1. The molecule has 0 fully saturated rings. The van der Waals surface area contributed by atoms with Gasteiger partial charge in [-0.25, -0.2) is 9.78 Å². The molecule has 0 unspecified atom stereocenters. The highest BCUT2D eigenvalue weighted by molar-refractivity contribution is 7.14. The highest BCUT2D eigenvalue weighted by Crippen LogP contribution is 2.35. The number of amides is 2. The molecule has 0 spiro atoms. The van der Waals surface area contributed by atoms with E-state index in [1.54, 1.807) is 35.0 Å². The topological polar surface area (TPSA) is 84.2 Å². The number of urea groups is 1. The SMILES string of the molecule is CCNC(=O)Nc1cccc(-c2cnc3cc(-c4nnc(C(F)(F)F)s4)ccn23)c1. The molecule has 4 aromatic rings. The third kappa shape index (κ3) is 3.96. The number of rotatable bonds is 4. The molecule has 0 radical (unpaired) electrons. The third-order valence-electron chi connectivity index (χ3n) is 4.18. The number of alkyl halides is 3. The molecule has 7 nitrogen and oxygen atoms in total. The molecule has 3 heterocycles. The molecule has 30 heavy (non-hydrogen) atoms. The highest BCUT2D eigenvalue weighted by Gasteiger charge is 2.35. The van der Waals surface area contributed by atoms with Crippen molar-refractivity contribution in [3.05, 3.63) is 53.8 Å². The summed E-state index contributed by atoms with van der Waals surface area (Å²) in [5.74, 6) is 0. The number of nitrogens with one attached hydrogen (secondary N) is 2. The summed E-state index contributed by atoms with van der Waals surface area (Å²) < 4.78 is 40.1. The minimum atomic E-state index is -4.52. The number of pyridine rings is 1. The minimum absolute atomic E-state index is 0.169. The number of aromatic nitrogens is 4. The summed E-state index contributed by atoms with van der Waals surface area (Å²) in [6.45, 7) is 2.34. The molecule has 0 aliphatic carbocycles. The molecular weight excluding hydrogens is 417 g/mol. The van der Waals surface area contributed by atoms with Gasteiger partial charge < -0.3 is 10.6 Å². The Hall–Kier alpha value is -3.47. The monoisotopic (exact) mass is 432 g/mol. The number of hydrogen-bond donors (Lipinski definition) is 2. The molecule has 0 aliphatic rings. The Bertz CT molecular complexity index is 1220. The number of anilines is 1. The lowest BCUT2D eigenvalue weighted by molar-refractivity contribution is -0.138. The van der Waals surface area contributed by atoms with Gasteiger partial charge in [-0.3, -0.25) is 4.40 Å². The van der Waals surface area contributed by atoms with E-state index in [0.717, 1.165) is 11.3 Å². The smallest absolute Gasteiger partial charge is 0.338 e. The molecule has 154 valence electrons. The van der Waals surface area contributed by atoms with E-state index in [9.17, 15) is 18.0 Å². The molecular formula is C19H15F3N6OS. The average Bonchev–Trinajstić information content (AvgIpc) is 3.35. The maximum Gasteiger partial charge on any atom is 0.445 e. The summed E-state index contributed by atoms with van der Waals surface area (Å²) >= 11 is 0.486. The van der Waals surface area contributed by atoms with Crippen LogP contribution in [0.2, 0.25) is 0 Å². The standard InChI is InChI=1S/C19H15F3N6OS/c1-2-23-18(29)25-13-5-3-4-11(8-13)14-10-24-15-9-12(6-7-28(14)15)16-26-27-17(30-16)19(20,21)22/h3-10H,2H2,1H3,(H2,23,25,29). The van der Waals surface area contributed by atoms with Gasteiger partial charge in [-0.2, -0.15) is 13.2 Å². The maximum absolute atomic E-state index is 12.8. The summed E-state index contributed by atoms with van der Waals surface area (Å²) in [5.41, 5.74) is 3.26. The van der Waals surface area contributed by atoms with Gasteiger partial charge in [0.2, 0.25) is 5.01 Å². The summed E-state index contributed by atoms with van der Waals surface area (Å²) in [7, 11) is 0. The molecule has 0 saturated heterocycles. The van der Waals surface area contributed by atoms with Gasteiger partial charge in [0.15, 0.2) is 0 Å². The summed E-state index contributed by atoms with van der Waals surface area (Å²) in [6, 6.07) is 10.3. The van der Waals surface area contributed by atoms with Crippen LogP contribution in [-0.4, -0.2) is 32.2 Å². The molecule has 0 atom stereocenters. The first-order valence-corrected chi connectivity index (χ1v) is 9.70. The Morgan fingerprint density at radius 3 is 2.73 bits per heavy atom. The van der Waals surface area contributed by atoms with E-state index in [1.807, 2.05) is 25.1 Å². The van der Waals surface area contributed by atoms with Crippen LogP contribution in [0, 0.1) is 0 Å². The summed E-state index contributed by atoms with van der Waals surface area (Å²) in [5, 5.41) is 11.5. The number of imidazole rings is 1. The number of halogens is 3. The number of fused-ring (bicyclic) bond motifs is 1. The third-order valence-corrected chi connectivity index (χ3v) is 5.20. The quantitative estimate of drug-likeness (QED) is 0.491. The molecule has 11 heteroatoms. The molecule has 0 aliphatic heterocycles. The Morgan fingerprint density at radius 2 is 2.00 bits per heavy atom. The van der Waals surface area contributed by atoms with E-state index < -0.39 is 11.2 Å². The zero-order valence-electron chi connectivity index (χ0n) is 15.6. The number of carbonyl (C=O) groups excluding carboxylic acids is 1. The van der Waals surface area contributed by atoms with E-state index >= 15 is 0 Å². The lowest BCUT2D eigenvalue weighted by atomic mass is 10.1. The van der Waals surface area contributed by atoms with Crippen LogP contribution in [0.4, 0.5) is 23.7 Å². The first-order chi connectivity index (χ1) is 14.3. The van der Waals surface area contributed by atoms with Crippen molar-refractivity contribution < 1.29 is 18.0 Å². The fourth-order valence-electron chi connectivity index (χ4n) is 2.87. The van der Waals surface area contributed by atoms with Crippen LogP contribution in [0.25, 0.3) is 27.5 Å². The second-order valence-electron chi connectivity index (χ2n) is 6.26. The van der Waals surface area contributed by atoms with Crippen molar-refractivity contribution in [2.24, 2.45) is 0 Å². The highest BCUT2D eigenvalue weighted by atomic mass is 32.1. The van der Waals surface area contributed by atoms with Crippen molar-refractivity contribution in [3.63, 3.8) is 0 Å². The lowest BCUT2D eigenvalue weighted by Gasteiger charge is -2.08. The average molecular weight is 432 g/mol. The van der Waals surface area contributed by atoms with E-state index in [-0.39, 0.29) is 11.0 Å². The Balaban J connectivity index is 1.65. The predicted octanol–water partition coefficient (Wildman–Crippen LogP) is 4.68. The van der Waals surface area contributed by atoms with Crippen molar-refractivity contribution >= 4 is 28.7 Å². The van der Waals surface area contributed by atoms with Gasteiger partial charge in [0.05, 0.1) is 11.9 Å². The maximum atomic E-state index is 12.8. The fraction of sp³-hybridized carbons (Fsp3) is 0.158. The van der Waals surface area contributed by atoms with Crippen molar-refractivity contribution in [2.45, 2.75) is 13.1 Å². The van der Waals surface area contributed by atoms with Crippen molar-refractivity contribution in [1.29, 1.82) is 0 Å². The first kappa shape index (κ1) is 19.8. The molecule has 2 amide bonds. The lowest BCUT2D eigenvalue weighted by Crippen LogP contribution is -2.28. The minimum Gasteiger partial charge on any atom is -0.338 e. The zero-order valence-corrected chi connectivity index (χ0v) is 16.4. The molecule has 2 N–H and O–H groups in total. The van der Waals surface area contributed by atoms with Crippen LogP contribution >= 0.6 is 11.3 Å². The van der Waals surface area contributed by atoms with Gasteiger partial charge in [-0.05, 0) is 31.2 Å². The normalized spacial score (nSPS) is 11.6. The summed E-state index contributed by atoms with van der Waals surface area (Å²) in [4.78, 5) is 16.1. The van der Waals surface area contributed by atoms with Crippen molar-refractivity contribution in [3.8, 4) is 21.8 Å². The second-order valence-corrected chi connectivity index (χ2v) is 7.24. The van der Waals surface area contributed by atoms with Crippen molar-refractivity contribution in [1.82, 2.24) is 24.9 Å². The Morgan fingerprint density at radius 1 is 1.17 bits per heavy atom. The van der Waals surface area contributed by atoms with Crippen molar-refractivity contribution in [2.75, 3.05) is 11.9 Å². The predicted molar refractivity (Wildman–Crippen MR) is 107 cm³/mol. The largest absolute Gasteiger partial charge is 0.445 e. The number of nitrogens with zero attached hydrogens (tertiary/aromatic N) is 4. The van der Waals surface area contributed by atoms with Gasteiger partial charge in [-0.1, -0.05) is 23.5 Å². The van der Waals surface area contributed by atoms with Crippen LogP contribution in [0.15, 0.2) is 48.8 Å². The number of carbonyl (C=O) groups is 1. The zero-order chi connectivity index (χ0) is 21.3. The number of hydrogen-bond acceptors (Lipinski definition) is 5. The molecule has 0 saturated carbocycles. The van der Waals surface area contributed by atoms with Crippen LogP contribution in [0.3, 0.4) is 0 Å². The molecule has 1 aromatic carbocycles. The fourth-order valence-corrected chi connectivity index (χ4v) is 3.58. The molecule has 3 aromatic heterocycles. The Labute approximate surface area is 172 Å². The van der Waals surface area contributed by atoms with Crippen LogP contribution in [0.1, 0.15) is 11.9 Å². The second kappa shape index (κ2) is 7.75. The van der Waals surface area contributed by atoms with E-state index in [1.165, 1.54) is 0 Å². The van der Waals surface area contributed by atoms with Gasteiger partial charge in [0.25, 0.3) is 0 Å². The van der Waals surface area contributed by atoms with Gasteiger partial charge in [-0.15, -0.1) is 10.2 Å². The van der Waals surface area contributed by atoms with E-state index in [4.69, 9.17) is 0 Å². The first-order valence-electron chi connectivity index (χ1n) is 8.88. The van der Waals surface area contributed by atoms with Gasteiger partial charge in [0, 0.05) is 29.6 Å². The van der Waals surface area contributed by atoms with Gasteiger partial charge in [0.1, 0.15) is 10.7 Å². The van der Waals surface area contributed by atoms with E-state index in [2.05, 4.69) is 25.8 Å². The summed E-state index contributed by atoms with van der Waals surface area (Å²) in [6.07, 6.45) is -1.15. The van der Waals surface area contributed by atoms with Gasteiger partial charge >= 0.3 is 12.2 Å². The molecule has 4 rings (SSSR count). The Kier molecular flexibility index (Phi) is 5.12. The van der Waals surface area contributed by atoms with Crippen LogP contribution in [-0.2, 0) is 6.18 Å². The molecule has 0 bridgehead atoms. The van der Waals surface area contributed by atoms with Crippen LogP contribution < -0.4 is 10.6 Å². The van der Waals surface area contributed by atoms with E-state index in [0.29, 0.717) is 34.8 Å². The van der Waals surface area contributed by atoms with Crippen LogP contribution in [0.5, 0.6) is 0 Å².